The number of aromatic nitrogens is 1. The van der Waals surface area contributed by atoms with Crippen molar-refractivity contribution < 1.29 is 4.74 Å². The summed E-state index contributed by atoms with van der Waals surface area (Å²) < 4.78 is 5.39. The van der Waals surface area contributed by atoms with E-state index in [9.17, 15) is 0 Å². The number of hydrogen-bond acceptors (Lipinski definition) is 3. The van der Waals surface area contributed by atoms with Gasteiger partial charge in [-0.3, -0.25) is 4.90 Å². The van der Waals surface area contributed by atoms with E-state index in [0.717, 1.165) is 5.88 Å². The summed E-state index contributed by atoms with van der Waals surface area (Å²) in [7, 11) is 0. The average molecular weight is 248 g/mol. The fourth-order valence-electron chi connectivity index (χ4n) is 2.65. The van der Waals surface area contributed by atoms with Crippen LogP contribution in [0.15, 0.2) is 18.3 Å². The van der Waals surface area contributed by atoms with Crippen LogP contribution >= 0.6 is 0 Å². The Bertz CT molecular complexity index is 350. The largest absolute Gasteiger partial charge is 0.478 e. The molecule has 3 heteroatoms. The van der Waals surface area contributed by atoms with Gasteiger partial charge in [0.1, 0.15) is 0 Å². The van der Waals surface area contributed by atoms with Crippen molar-refractivity contribution >= 4 is 0 Å². The minimum absolute atomic E-state index is 0.569. The summed E-state index contributed by atoms with van der Waals surface area (Å²) in [5.41, 5.74) is 1.34. The molecule has 1 aliphatic heterocycles. The fourth-order valence-corrected chi connectivity index (χ4v) is 2.65. The summed E-state index contributed by atoms with van der Waals surface area (Å²) in [6, 6.07) is 4.74. The van der Waals surface area contributed by atoms with Crippen molar-refractivity contribution in [2.75, 3.05) is 19.7 Å². The van der Waals surface area contributed by atoms with E-state index in [-0.39, 0.29) is 0 Å². The highest BCUT2D eigenvalue weighted by molar-refractivity contribution is 5.21. The Labute approximate surface area is 110 Å². The van der Waals surface area contributed by atoms with E-state index >= 15 is 0 Å². The van der Waals surface area contributed by atoms with Crippen LogP contribution in [0, 0.1) is 0 Å². The average Bonchev–Trinajstić information content (AvgIpc) is 2.86. The topological polar surface area (TPSA) is 25.4 Å². The van der Waals surface area contributed by atoms with Gasteiger partial charge in [-0.15, -0.1) is 0 Å². The van der Waals surface area contributed by atoms with Crippen LogP contribution in [0.2, 0.25) is 0 Å². The van der Waals surface area contributed by atoms with Crippen molar-refractivity contribution in [1.82, 2.24) is 9.88 Å². The molecule has 1 fully saturated rings. The number of hydrogen-bond donors (Lipinski definition) is 0. The highest BCUT2D eigenvalue weighted by Crippen LogP contribution is 2.32. The van der Waals surface area contributed by atoms with Crippen molar-refractivity contribution in [3.8, 4) is 5.88 Å². The third-order valence-electron chi connectivity index (χ3n) is 3.60. The Hall–Kier alpha value is -1.09. The predicted molar refractivity (Wildman–Crippen MR) is 73.9 cm³/mol. The molecule has 0 aromatic carbocycles. The summed E-state index contributed by atoms with van der Waals surface area (Å²) in [5.74, 6) is 0.736. The molecule has 3 nitrogen and oxygen atoms in total. The maximum atomic E-state index is 5.39. The first-order valence-corrected chi connectivity index (χ1v) is 7.18. The Morgan fingerprint density at radius 2 is 2.28 bits per heavy atom. The molecule has 1 aromatic heterocycles. The van der Waals surface area contributed by atoms with E-state index in [1.807, 2.05) is 19.2 Å². The van der Waals surface area contributed by atoms with Crippen LogP contribution in [-0.2, 0) is 0 Å². The first-order valence-electron chi connectivity index (χ1n) is 7.18. The molecule has 2 rings (SSSR count). The van der Waals surface area contributed by atoms with E-state index in [1.54, 1.807) is 0 Å². The third-order valence-corrected chi connectivity index (χ3v) is 3.60. The third kappa shape index (κ3) is 3.22. The summed E-state index contributed by atoms with van der Waals surface area (Å²) >= 11 is 0. The van der Waals surface area contributed by atoms with Gasteiger partial charge in [-0.25, -0.2) is 4.98 Å². The second kappa shape index (κ2) is 6.74. The van der Waals surface area contributed by atoms with Crippen molar-refractivity contribution in [2.24, 2.45) is 0 Å². The molecule has 100 valence electrons. The molecule has 0 saturated carbocycles. The second-order valence-electron chi connectivity index (χ2n) is 4.91. The molecular formula is C15H24N2O. The van der Waals surface area contributed by atoms with E-state index < -0.39 is 0 Å². The van der Waals surface area contributed by atoms with E-state index in [4.69, 9.17) is 4.74 Å². The highest BCUT2D eigenvalue weighted by Gasteiger charge is 2.25. The number of pyridine rings is 1. The van der Waals surface area contributed by atoms with Crippen LogP contribution in [0.25, 0.3) is 0 Å². The number of unbranched alkanes of at least 4 members (excludes halogenated alkanes) is 1. The molecule has 0 bridgehead atoms. The van der Waals surface area contributed by atoms with Gasteiger partial charge in [-0.05, 0) is 44.8 Å². The lowest BCUT2D eigenvalue weighted by atomic mass is 10.1. The Morgan fingerprint density at radius 3 is 2.94 bits per heavy atom. The molecule has 0 aliphatic carbocycles. The molecule has 1 aromatic rings. The van der Waals surface area contributed by atoms with Crippen LogP contribution in [-0.4, -0.2) is 29.6 Å². The molecule has 0 amide bonds. The van der Waals surface area contributed by atoms with Crippen LogP contribution in [0.3, 0.4) is 0 Å². The van der Waals surface area contributed by atoms with Crippen LogP contribution in [0.4, 0.5) is 0 Å². The van der Waals surface area contributed by atoms with Crippen molar-refractivity contribution in [2.45, 2.75) is 45.6 Å². The van der Waals surface area contributed by atoms with Crippen molar-refractivity contribution in [3.05, 3.63) is 23.9 Å². The first kappa shape index (κ1) is 13.3. The van der Waals surface area contributed by atoms with Crippen LogP contribution < -0.4 is 4.74 Å². The van der Waals surface area contributed by atoms with Gasteiger partial charge < -0.3 is 4.74 Å². The second-order valence-corrected chi connectivity index (χ2v) is 4.91. The Kier molecular flexibility index (Phi) is 5.00. The number of rotatable bonds is 6. The van der Waals surface area contributed by atoms with Gasteiger partial charge in [0, 0.05) is 18.3 Å². The summed E-state index contributed by atoms with van der Waals surface area (Å²) in [6.45, 7) is 7.37. The molecule has 0 spiro atoms. The number of ether oxygens (including phenoxy) is 1. The first-order chi connectivity index (χ1) is 8.85. The van der Waals surface area contributed by atoms with Gasteiger partial charge in [-0.1, -0.05) is 19.4 Å². The predicted octanol–water partition coefficient (Wildman–Crippen LogP) is 3.42. The Morgan fingerprint density at radius 1 is 1.39 bits per heavy atom. The zero-order valence-corrected chi connectivity index (χ0v) is 11.6. The minimum Gasteiger partial charge on any atom is -0.478 e. The molecule has 1 aliphatic rings. The lowest BCUT2D eigenvalue weighted by Crippen LogP contribution is -2.24. The quantitative estimate of drug-likeness (QED) is 0.771. The van der Waals surface area contributed by atoms with Crippen molar-refractivity contribution in [3.63, 3.8) is 0 Å². The van der Waals surface area contributed by atoms with E-state index in [1.165, 1.54) is 44.3 Å². The lowest BCUT2D eigenvalue weighted by Gasteiger charge is -2.24. The van der Waals surface area contributed by atoms with Crippen LogP contribution in [0.1, 0.15) is 51.1 Å². The molecule has 1 saturated heterocycles. The number of nitrogens with zero attached hydrogens (tertiary/aromatic N) is 2. The molecule has 0 N–H and O–H groups in total. The minimum atomic E-state index is 0.569. The van der Waals surface area contributed by atoms with Gasteiger partial charge >= 0.3 is 0 Å². The van der Waals surface area contributed by atoms with Crippen LogP contribution in [0.5, 0.6) is 5.88 Å². The van der Waals surface area contributed by atoms with Gasteiger partial charge in [0.25, 0.3) is 0 Å². The molecule has 0 radical (unpaired) electrons. The maximum absolute atomic E-state index is 5.39. The van der Waals surface area contributed by atoms with Gasteiger partial charge in [0.2, 0.25) is 5.88 Å². The zero-order chi connectivity index (χ0) is 12.8. The molecular weight excluding hydrogens is 224 g/mol. The van der Waals surface area contributed by atoms with Crippen molar-refractivity contribution in [1.29, 1.82) is 0 Å². The zero-order valence-electron chi connectivity index (χ0n) is 11.6. The SMILES string of the molecule is CCCCN1CCC[C@H]1c1ccc(OCC)nc1. The van der Waals surface area contributed by atoms with Gasteiger partial charge in [-0.2, -0.15) is 0 Å². The Balaban J connectivity index is 2.00. The van der Waals surface area contributed by atoms with Gasteiger partial charge in [0.15, 0.2) is 0 Å². The normalized spacial score (nSPS) is 20.2. The maximum Gasteiger partial charge on any atom is 0.213 e. The van der Waals surface area contributed by atoms with E-state index in [0.29, 0.717) is 12.6 Å². The summed E-state index contributed by atoms with van der Waals surface area (Å²) in [5, 5.41) is 0. The standard InChI is InChI=1S/C15H24N2O/c1-3-5-10-17-11-6-7-14(17)13-8-9-15(16-12-13)18-4-2/h8-9,12,14H,3-7,10-11H2,1-2H3/t14-/m0/s1. The highest BCUT2D eigenvalue weighted by atomic mass is 16.5. The summed E-state index contributed by atoms with van der Waals surface area (Å²) in [4.78, 5) is 6.98. The molecule has 18 heavy (non-hydrogen) atoms. The molecule has 2 heterocycles. The fraction of sp³-hybridized carbons (Fsp3) is 0.667. The smallest absolute Gasteiger partial charge is 0.213 e. The van der Waals surface area contributed by atoms with E-state index in [2.05, 4.69) is 22.9 Å². The molecule has 0 unspecified atom stereocenters. The molecule has 1 atom stereocenters. The monoisotopic (exact) mass is 248 g/mol. The lowest BCUT2D eigenvalue weighted by molar-refractivity contribution is 0.252. The number of likely N-dealkylation sites (tertiary alicyclic amines) is 1. The summed E-state index contributed by atoms with van der Waals surface area (Å²) in [6.07, 6.45) is 7.12. The van der Waals surface area contributed by atoms with Gasteiger partial charge in [0.05, 0.1) is 6.61 Å².